The predicted molar refractivity (Wildman–Crippen MR) is 91.0 cm³/mol. The zero-order valence-electron chi connectivity index (χ0n) is 12.7. The van der Waals surface area contributed by atoms with Crippen LogP contribution >= 0.6 is 24.0 Å². The van der Waals surface area contributed by atoms with Gasteiger partial charge in [-0.15, -0.1) is 12.4 Å². The van der Waals surface area contributed by atoms with E-state index >= 15 is 0 Å². The monoisotopic (exact) mass is 341 g/mol. The van der Waals surface area contributed by atoms with Crippen LogP contribution in [0.4, 0.5) is 0 Å². The highest BCUT2D eigenvalue weighted by Gasteiger charge is 2.24. The molecule has 0 saturated carbocycles. The third-order valence-corrected chi connectivity index (χ3v) is 4.49. The zero-order chi connectivity index (χ0) is 14.8. The minimum absolute atomic E-state index is 0. The number of piperazine rings is 1. The molecule has 1 aliphatic rings. The van der Waals surface area contributed by atoms with Crippen molar-refractivity contribution in [1.82, 2.24) is 25.0 Å². The van der Waals surface area contributed by atoms with Crippen LogP contribution in [0.25, 0.3) is 5.69 Å². The summed E-state index contributed by atoms with van der Waals surface area (Å²) in [6.45, 7) is 7.46. The lowest BCUT2D eigenvalue weighted by Crippen LogP contribution is -2.54. The number of nitrogens with zero attached hydrogens (tertiary/aromatic N) is 4. The third kappa shape index (κ3) is 3.60. The van der Waals surface area contributed by atoms with Crippen LogP contribution in [0.15, 0.2) is 30.9 Å². The van der Waals surface area contributed by atoms with E-state index in [2.05, 4.69) is 40.2 Å². The molecule has 1 N–H and O–H groups in total. The summed E-state index contributed by atoms with van der Waals surface area (Å²) in [6, 6.07) is 6.97. The fraction of sp³-hybridized carbons (Fsp3) is 0.467. The van der Waals surface area contributed by atoms with E-state index in [0.29, 0.717) is 17.1 Å². The van der Waals surface area contributed by atoms with E-state index in [1.807, 2.05) is 12.1 Å². The van der Waals surface area contributed by atoms with Gasteiger partial charge in [0, 0.05) is 36.7 Å². The number of hydrogen-bond donors (Lipinski definition) is 1. The van der Waals surface area contributed by atoms with E-state index in [4.69, 9.17) is 11.6 Å². The quantitative estimate of drug-likeness (QED) is 0.931. The summed E-state index contributed by atoms with van der Waals surface area (Å²) in [4.78, 5) is 6.52. The summed E-state index contributed by atoms with van der Waals surface area (Å²) in [7, 11) is 0. The van der Waals surface area contributed by atoms with Crippen LogP contribution in [0, 0.1) is 0 Å². The Morgan fingerprint density at radius 1 is 1.36 bits per heavy atom. The van der Waals surface area contributed by atoms with Crippen LogP contribution < -0.4 is 5.32 Å². The van der Waals surface area contributed by atoms with Crippen molar-refractivity contribution in [2.45, 2.75) is 32.5 Å². The second-order valence-electron chi connectivity index (χ2n) is 5.57. The minimum atomic E-state index is 0. The standard InChI is InChI=1S/C15H20ClN5.ClH/c1-11-12(2)20(6-5-18-11)8-13-3-4-14(16)7-15(13)21-10-17-9-19-21;/h3-4,7,9-12,18H,5-6,8H2,1-2H3;1H. The van der Waals surface area contributed by atoms with Crippen molar-refractivity contribution in [3.8, 4) is 5.69 Å². The van der Waals surface area contributed by atoms with Gasteiger partial charge in [0.05, 0.1) is 5.69 Å². The highest BCUT2D eigenvalue weighted by molar-refractivity contribution is 6.30. The Morgan fingerprint density at radius 2 is 2.18 bits per heavy atom. The first kappa shape index (κ1) is 17.2. The maximum absolute atomic E-state index is 6.14. The number of rotatable bonds is 3. The lowest BCUT2D eigenvalue weighted by atomic mass is 10.1. The van der Waals surface area contributed by atoms with E-state index in [9.17, 15) is 0 Å². The van der Waals surface area contributed by atoms with Gasteiger partial charge in [0.25, 0.3) is 0 Å². The molecule has 0 radical (unpaired) electrons. The highest BCUT2D eigenvalue weighted by Crippen LogP contribution is 2.22. The molecule has 2 unspecified atom stereocenters. The maximum Gasteiger partial charge on any atom is 0.138 e. The summed E-state index contributed by atoms with van der Waals surface area (Å²) in [6.07, 6.45) is 3.25. The Bertz CT molecular complexity index is 602. The molecular weight excluding hydrogens is 321 g/mol. The second-order valence-corrected chi connectivity index (χ2v) is 6.00. The van der Waals surface area contributed by atoms with Crippen molar-refractivity contribution in [2.24, 2.45) is 0 Å². The number of nitrogens with one attached hydrogen (secondary N) is 1. The molecule has 0 amide bonds. The number of hydrogen-bond acceptors (Lipinski definition) is 4. The van der Waals surface area contributed by atoms with E-state index in [1.54, 1.807) is 17.3 Å². The number of benzene rings is 1. The molecule has 2 atom stereocenters. The van der Waals surface area contributed by atoms with Crippen LogP contribution in [0.5, 0.6) is 0 Å². The summed E-state index contributed by atoms with van der Waals surface area (Å²) < 4.78 is 1.78. The normalized spacial score (nSPS) is 22.3. The molecule has 22 heavy (non-hydrogen) atoms. The molecule has 7 heteroatoms. The van der Waals surface area contributed by atoms with Gasteiger partial charge in [-0.05, 0) is 31.5 Å². The molecule has 3 rings (SSSR count). The van der Waals surface area contributed by atoms with Gasteiger partial charge in [0.1, 0.15) is 12.7 Å². The average Bonchev–Trinajstić information content (AvgIpc) is 2.99. The van der Waals surface area contributed by atoms with Gasteiger partial charge in [-0.25, -0.2) is 9.67 Å². The van der Waals surface area contributed by atoms with Crippen LogP contribution in [0.1, 0.15) is 19.4 Å². The van der Waals surface area contributed by atoms with Gasteiger partial charge in [-0.1, -0.05) is 17.7 Å². The molecule has 0 bridgehead atoms. The predicted octanol–water partition coefficient (Wildman–Crippen LogP) is 2.52. The molecule has 1 fully saturated rings. The fourth-order valence-corrected chi connectivity index (χ4v) is 2.95. The summed E-state index contributed by atoms with van der Waals surface area (Å²) in [5, 5.41) is 8.45. The first-order chi connectivity index (χ1) is 10.1. The average molecular weight is 342 g/mol. The highest BCUT2D eigenvalue weighted by atomic mass is 35.5. The fourth-order valence-electron chi connectivity index (χ4n) is 2.78. The van der Waals surface area contributed by atoms with Crippen LogP contribution in [0.3, 0.4) is 0 Å². The van der Waals surface area contributed by atoms with Crippen molar-refractivity contribution in [1.29, 1.82) is 0 Å². The summed E-state index contributed by atoms with van der Waals surface area (Å²) in [5.74, 6) is 0. The molecule has 0 spiro atoms. The topological polar surface area (TPSA) is 46.0 Å². The Labute approximate surface area is 142 Å². The summed E-state index contributed by atoms with van der Waals surface area (Å²) >= 11 is 6.14. The van der Waals surface area contributed by atoms with E-state index in [0.717, 1.165) is 25.3 Å². The maximum atomic E-state index is 6.14. The first-order valence-electron chi connectivity index (χ1n) is 7.26. The van der Waals surface area contributed by atoms with Gasteiger partial charge in [0.2, 0.25) is 0 Å². The lowest BCUT2D eigenvalue weighted by Gasteiger charge is -2.38. The molecule has 1 saturated heterocycles. The number of halogens is 2. The molecule has 1 aromatic carbocycles. The van der Waals surface area contributed by atoms with E-state index in [-0.39, 0.29) is 12.4 Å². The second kappa shape index (κ2) is 7.42. The molecule has 2 heterocycles. The van der Waals surface area contributed by atoms with Gasteiger partial charge in [-0.3, -0.25) is 4.90 Å². The lowest BCUT2D eigenvalue weighted by molar-refractivity contribution is 0.130. The van der Waals surface area contributed by atoms with Crippen LogP contribution in [0.2, 0.25) is 5.02 Å². The SMILES string of the molecule is CC1NCCN(Cc2ccc(Cl)cc2-n2cncn2)C1C.Cl. The largest absolute Gasteiger partial charge is 0.311 e. The van der Waals surface area contributed by atoms with Crippen molar-refractivity contribution >= 4 is 24.0 Å². The van der Waals surface area contributed by atoms with Crippen molar-refractivity contribution < 1.29 is 0 Å². The van der Waals surface area contributed by atoms with Gasteiger partial charge in [0.15, 0.2) is 0 Å². The van der Waals surface area contributed by atoms with E-state index in [1.165, 1.54) is 5.56 Å². The van der Waals surface area contributed by atoms with Crippen molar-refractivity contribution in [3.05, 3.63) is 41.4 Å². The molecule has 5 nitrogen and oxygen atoms in total. The smallest absolute Gasteiger partial charge is 0.138 e. The molecular formula is C15H21Cl2N5. The van der Waals surface area contributed by atoms with E-state index < -0.39 is 0 Å². The Hall–Kier alpha value is -1.14. The van der Waals surface area contributed by atoms with Gasteiger partial charge in [-0.2, -0.15) is 5.10 Å². The van der Waals surface area contributed by atoms with Gasteiger partial charge >= 0.3 is 0 Å². The molecule has 120 valence electrons. The molecule has 1 aliphatic heterocycles. The van der Waals surface area contributed by atoms with Crippen LogP contribution in [-0.4, -0.2) is 44.8 Å². The first-order valence-corrected chi connectivity index (χ1v) is 7.64. The molecule has 1 aromatic heterocycles. The molecule has 2 aromatic rings. The Kier molecular flexibility index (Phi) is 5.81. The number of aromatic nitrogens is 3. The zero-order valence-corrected chi connectivity index (χ0v) is 14.3. The van der Waals surface area contributed by atoms with Crippen molar-refractivity contribution in [2.75, 3.05) is 13.1 Å². The van der Waals surface area contributed by atoms with Crippen LogP contribution in [-0.2, 0) is 6.54 Å². The third-order valence-electron chi connectivity index (χ3n) is 4.25. The minimum Gasteiger partial charge on any atom is -0.311 e. The Morgan fingerprint density at radius 3 is 2.91 bits per heavy atom. The van der Waals surface area contributed by atoms with Crippen molar-refractivity contribution in [3.63, 3.8) is 0 Å². The molecule has 0 aliphatic carbocycles. The summed E-state index contributed by atoms with van der Waals surface area (Å²) in [5.41, 5.74) is 2.21. The van der Waals surface area contributed by atoms with Gasteiger partial charge < -0.3 is 5.32 Å². The Balaban J connectivity index is 0.00000176.